The maximum absolute atomic E-state index is 4.52. The second kappa shape index (κ2) is 3.05. The highest BCUT2D eigenvalue weighted by Gasteiger charge is 2.31. The quantitative estimate of drug-likeness (QED) is 0.589. The lowest BCUT2D eigenvalue weighted by molar-refractivity contribution is 0.535. The van der Waals surface area contributed by atoms with Gasteiger partial charge in [0.1, 0.15) is 0 Å². The van der Waals surface area contributed by atoms with Crippen molar-refractivity contribution in [3.63, 3.8) is 0 Å². The van der Waals surface area contributed by atoms with Gasteiger partial charge in [-0.1, -0.05) is 18.2 Å². The Kier molecular flexibility index (Phi) is 1.86. The van der Waals surface area contributed by atoms with E-state index in [0.29, 0.717) is 0 Å². The van der Waals surface area contributed by atoms with E-state index in [1.54, 1.807) is 10.6 Å². The van der Waals surface area contributed by atoms with Crippen LogP contribution in [0.5, 0.6) is 0 Å². The average Bonchev–Trinajstić information content (AvgIpc) is 2.61. The highest BCUT2D eigenvalue weighted by molar-refractivity contribution is 8.17. The second-order valence-corrected chi connectivity index (χ2v) is 4.91. The second-order valence-electron chi connectivity index (χ2n) is 3.85. The summed E-state index contributed by atoms with van der Waals surface area (Å²) in [6.07, 6.45) is 6.76. The van der Waals surface area contributed by atoms with Gasteiger partial charge < -0.3 is 4.90 Å². The number of thioether (sulfide) groups is 1. The Hall–Kier alpha value is -0.440. The molecule has 0 aromatic carbocycles. The van der Waals surface area contributed by atoms with Gasteiger partial charge in [-0.05, 0) is 25.7 Å². The molecule has 0 aromatic heterocycles. The molecule has 0 saturated carbocycles. The van der Waals surface area contributed by atoms with Gasteiger partial charge in [0.2, 0.25) is 0 Å². The van der Waals surface area contributed by atoms with Crippen molar-refractivity contribution in [2.75, 3.05) is 13.1 Å². The molecule has 0 amide bonds. The Morgan fingerprint density at radius 2 is 2.08 bits per heavy atom. The van der Waals surface area contributed by atoms with Crippen LogP contribution in [0.1, 0.15) is 32.1 Å². The maximum atomic E-state index is 4.52. The topological polar surface area (TPSA) is 15.6 Å². The van der Waals surface area contributed by atoms with E-state index in [9.17, 15) is 0 Å². The molecule has 2 heterocycles. The molecule has 13 heavy (non-hydrogen) atoms. The SMILES string of the molecule is C1CCC2=C(CC1)N1CCN=C1S2. The summed E-state index contributed by atoms with van der Waals surface area (Å²) in [5.74, 6) is 0. The Morgan fingerprint density at radius 1 is 1.15 bits per heavy atom. The van der Waals surface area contributed by atoms with Gasteiger partial charge in [0.25, 0.3) is 0 Å². The molecule has 0 fully saturated rings. The fourth-order valence-corrected chi connectivity index (χ4v) is 3.57. The zero-order valence-corrected chi connectivity index (χ0v) is 8.57. The minimum atomic E-state index is 1.01. The maximum Gasteiger partial charge on any atom is 0.168 e. The fourth-order valence-electron chi connectivity index (χ4n) is 2.31. The van der Waals surface area contributed by atoms with Gasteiger partial charge in [-0.3, -0.25) is 4.99 Å². The summed E-state index contributed by atoms with van der Waals surface area (Å²) in [4.78, 5) is 8.59. The largest absolute Gasteiger partial charge is 0.322 e. The van der Waals surface area contributed by atoms with Crippen LogP contribution in [0, 0.1) is 0 Å². The molecule has 3 heteroatoms. The van der Waals surface area contributed by atoms with E-state index in [1.807, 2.05) is 11.8 Å². The van der Waals surface area contributed by atoms with Crippen molar-refractivity contribution in [2.45, 2.75) is 32.1 Å². The van der Waals surface area contributed by atoms with Gasteiger partial charge in [0.05, 0.1) is 6.54 Å². The summed E-state index contributed by atoms with van der Waals surface area (Å²) in [5, 5.41) is 1.28. The van der Waals surface area contributed by atoms with Crippen molar-refractivity contribution in [1.29, 1.82) is 0 Å². The normalized spacial score (nSPS) is 27.1. The van der Waals surface area contributed by atoms with Crippen LogP contribution in [0.2, 0.25) is 0 Å². The first-order chi connectivity index (χ1) is 6.45. The van der Waals surface area contributed by atoms with Gasteiger partial charge in [0.15, 0.2) is 5.17 Å². The van der Waals surface area contributed by atoms with Gasteiger partial charge in [-0.25, -0.2) is 0 Å². The molecule has 3 rings (SSSR count). The van der Waals surface area contributed by atoms with E-state index in [0.717, 1.165) is 13.1 Å². The molecule has 0 N–H and O–H groups in total. The molecule has 0 atom stereocenters. The first kappa shape index (κ1) is 7.92. The Morgan fingerprint density at radius 3 is 3.08 bits per heavy atom. The molecular formula is C10H14N2S. The molecule has 0 unspecified atom stereocenters. The number of fused-ring (bicyclic) bond motifs is 2. The van der Waals surface area contributed by atoms with Crippen LogP contribution in [0.15, 0.2) is 15.6 Å². The Balaban J connectivity index is 1.91. The average molecular weight is 194 g/mol. The molecule has 0 spiro atoms. The van der Waals surface area contributed by atoms with Gasteiger partial charge in [0, 0.05) is 17.1 Å². The smallest absolute Gasteiger partial charge is 0.168 e. The minimum absolute atomic E-state index is 1.01. The van der Waals surface area contributed by atoms with Gasteiger partial charge in [-0.2, -0.15) is 0 Å². The summed E-state index contributed by atoms with van der Waals surface area (Å²) in [6.45, 7) is 2.15. The first-order valence-corrected chi connectivity index (χ1v) is 5.99. The molecule has 0 bridgehead atoms. The van der Waals surface area contributed by atoms with Crippen LogP contribution in [0.25, 0.3) is 0 Å². The number of hydrogen-bond donors (Lipinski definition) is 0. The predicted octanol–water partition coefficient (Wildman–Crippen LogP) is 2.58. The van der Waals surface area contributed by atoms with Crippen LogP contribution in [0.4, 0.5) is 0 Å². The highest BCUT2D eigenvalue weighted by Crippen LogP contribution is 2.42. The van der Waals surface area contributed by atoms with Crippen molar-refractivity contribution in [3.8, 4) is 0 Å². The lowest BCUT2D eigenvalue weighted by atomic mass is 10.2. The summed E-state index contributed by atoms with van der Waals surface area (Å²) < 4.78 is 0. The number of allylic oxidation sites excluding steroid dienone is 2. The van der Waals surface area contributed by atoms with E-state index >= 15 is 0 Å². The number of amidine groups is 1. The molecule has 70 valence electrons. The third-order valence-corrected chi connectivity index (χ3v) is 4.20. The summed E-state index contributed by atoms with van der Waals surface area (Å²) >= 11 is 1.93. The number of rotatable bonds is 0. The first-order valence-electron chi connectivity index (χ1n) is 5.17. The van der Waals surface area contributed by atoms with Crippen LogP contribution in [-0.4, -0.2) is 23.2 Å². The van der Waals surface area contributed by atoms with Crippen LogP contribution in [0.3, 0.4) is 0 Å². The van der Waals surface area contributed by atoms with Crippen molar-refractivity contribution in [2.24, 2.45) is 4.99 Å². The molecular weight excluding hydrogens is 180 g/mol. The minimum Gasteiger partial charge on any atom is -0.322 e. The van der Waals surface area contributed by atoms with E-state index in [-0.39, 0.29) is 0 Å². The molecule has 0 radical (unpaired) electrons. The molecule has 1 aliphatic carbocycles. The van der Waals surface area contributed by atoms with Crippen molar-refractivity contribution in [1.82, 2.24) is 4.90 Å². The third-order valence-electron chi connectivity index (χ3n) is 2.98. The van der Waals surface area contributed by atoms with Gasteiger partial charge in [-0.15, -0.1) is 0 Å². The van der Waals surface area contributed by atoms with Crippen molar-refractivity contribution >= 4 is 16.9 Å². The molecule has 0 saturated heterocycles. The predicted molar refractivity (Wildman–Crippen MR) is 56.7 cm³/mol. The van der Waals surface area contributed by atoms with Crippen LogP contribution < -0.4 is 0 Å². The Bertz CT molecular complexity index is 293. The zero-order chi connectivity index (χ0) is 8.67. The molecule has 2 aliphatic heterocycles. The van der Waals surface area contributed by atoms with E-state index < -0.39 is 0 Å². The lowest BCUT2D eigenvalue weighted by Crippen LogP contribution is -2.20. The zero-order valence-electron chi connectivity index (χ0n) is 7.75. The molecule has 0 aromatic rings. The summed E-state index contributed by atoms with van der Waals surface area (Å²) in [5.41, 5.74) is 1.61. The van der Waals surface area contributed by atoms with Crippen LogP contribution >= 0.6 is 11.8 Å². The summed E-state index contributed by atoms with van der Waals surface area (Å²) in [7, 11) is 0. The van der Waals surface area contributed by atoms with E-state index in [2.05, 4.69) is 9.89 Å². The highest BCUT2D eigenvalue weighted by atomic mass is 32.2. The van der Waals surface area contributed by atoms with Gasteiger partial charge >= 0.3 is 0 Å². The number of aliphatic imine (C=N–C) groups is 1. The van der Waals surface area contributed by atoms with E-state index in [1.165, 1.54) is 37.3 Å². The third kappa shape index (κ3) is 1.21. The van der Waals surface area contributed by atoms with Crippen LogP contribution in [-0.2, 0) is 0 Å². The summed E-state index contributed by atoms with van der Waals surface area (Å²) in [6, 6.07) is 0. The fraction of sp³-hybridized carbons (Fsp3) is 0.700. The van der Waals surface area contributed by atoms with E-state index in [4.69, 9.17) is 0 Å². The standard InChI is InChI=1S/C10H14N2S/c1-2-4-8-9(5-3-1)13-10-11-6-7-12(8)10/h1-7H2. The lowest BCUT2D eigenvalue weighted by Gasteiger charge is -2.15. The molecule has 3 aliphatic rings. The van der Waals surface area contributed by atoms with Crippen molar-refractivity contribution < 1.29 is 0 Å². The Labute approximate surface area is 83.1 Å². The monoisotopic (exact) mass is 194 g/mol. The number of nitrogens with zero attached hydrogens (tertiary/aromatic N) is 2. The van der Waals surface area contributed by atoms with Crippen molar-refractivity contribution in [3.05, 3.63) is 10.6 Å². The molecule has 2 nitrogen and oxygen atoms in total. The number of hydrogen-bond acceptors (Lipinski definition) is 3.